The SMILES string of the molecule is CN(Cc1ccncc1)c1nc(CN2CCOCC2)nc2sc3c(c12)CCCC3. The largest absolute Gasteiger partial charge is 0.379 e. The van der Waals surface area contributed by atoms with E-state index in [-0.39, 0.29) is 0 Å². The summed E-state index contributed by atoms with van der Waals surface area (Å²) in [5.41, 5.74) is 2.74. The van der Waals surface area contributed by atoms with Gasteiger partial charge >= 0.3 is 0 Å². The smallest absolute Gasteiger partial charge is 0.146 e. The molecule has 5 rings (SSSR count). The molecule has 1 aliphatic carbocycles. The molecule has 0 aromatic carbocycles. The normalized spacial score (nSPS) is 17.4. The minimum Gasteiger partial charge on any atom is -0.379 e. The van der Waals surface area contributed by atoms with Crippen molar-refractivity contribution in [1.29, 1.82) is 0 Å². The van der Waals surface area contributed by atoms with Gasteiger partial charge in [0.05, 0.1) is 25.1 Å². The minimum absolute atomic E-state index is 0.790. The van der Waals surface area contributed by atoms with Gasteiger partial charge in [-0.3, -0.25) is 9.88 Å². The van der Waals surface area contributed by atoms with Gasteiger partial charge in [0, 0.05) is 44.0 Å². The second-order valence-electron chi connectivity index (χ2n) is 7.95. The first-order valence-electron chi connectivity index (χ1n) is 10.5. The Labute approximate surface area is 175 Å². The van der Waals surface area contributed by atoms with Crippen LogP contribution in [0, 0.1) is 0 Å². The first-order valence-corrected chi connectivity index (χ1v) is 11.3. The van der Waals surface area contributed by atoms with Gasteiger partial charge in [-0.05, 0) is 48.9 Å². The Bertz CT molecular complexity index is 984. The number of fused-ring (bicyclic) bond motifs is 3. The molecule has 0 unspecified atom stereocenters. The summed E-state index contributed by atoms with van der Waals surface area (Å²) < 4.78 is 5.50. The van der Waals surface area contributed by atoms with Crippen LogP contribution in [-0.2, 0) is 30.7 Å². The Balaban J connectivity index is 1.53. The fourth-order valence-corrected chi connectivity index (χ4v) is 5.60. The van der Waals surface area contributed by atoms with E-state index >= 15 is 0 Å². The molecule has 152 valence electrons. The maximum absolute atomic E-state index is 5.50. The molecule has 0 spiro atoms. The van der Waals surface area contributed by atoms with Gasteiger partial charge in [-0.25, -0.2) is 9.97 Å². The summed E-state index contributed by atoms with van der Waals surface area (Å²) >= 11 is 1.88. The summed E-state index contributed by atoms with van der Waals surface area (Å²) in [5, 5.41) is 1.28. The lowest BCUT2D eigenvalue weighted by atomic mass is 9.97. The lowest BCUT2D eigenvalue weighted by molar-refractivity contribution is 0.0331. The van der Waals surface area contributed by atoms with Gasteiger partial charge in [-0.15, -0.1) is 11.3 Å². The zero-order chi connectivity index (χ0) is 19.6. The third kappa shape index (κ3) is 3.99. The first-order chi connectivity index (χ1) is 14.3. The molecule has 1 saturated heterocycles. The number of aryl methyl sites for hydroxylation is 2. The van der Waals surface area contributed by atoms with Crippen LogP contribution in [0.25, 0.3) is 10.2 Å². The molecule has 7 heteroatoms. The summed E-state index contributed by atoms with van der Waals surface area (Å²) in [5.74, 6) is 2.00. The fraction of sp³-hybridized carbons (Fsp3) is 0.500. The maximum Gasteiger partial charge on any atom is 0.146 e. The highest BCUT2D eigenvalue weighted by atomic mass is 32.1. The van der Waals surface area contributed by atoms with Crippen molar-refractivity contribution in [2.24, 2.45) is 0 Å². The van der Waals surface area contributed by atoms with Gasteiger partial charge < -0.3 is 9.64 Å². The molecule has 0 bridgehead atoms. The van der Waals surface area contributed by atoms with E-state index in [0.717, 1.165) is 62.3 Å². The molecule has 6 nitrogen and oxygen atoms in total. The molecule has 0 atom stereocenters. The van der Waals surface area contributed by atoms with Crippen LogP contribution < -0.4 is 4.90 Å². The Morgan fingerprint density at radius 1 is 1.10 bits per heavy atom. The van der Waals surface area contributed by atoms with Gasteiger partial charge in [0.25, 0.3) is 0 Å². The highest BCUT2D eigenvalue weighted by molar-refractivity contribution is 7.19. The summed E-state index contributed by atoms with van der Waals surface area (Å²) in [6.45, 7) is 5.10. The third-order valence-corrected chi connectivity index (χ3v) is 7.03. The average Bonchev–Trinajstić information content (AvgIpc) is 3.13. The van der Waals surface area contributed by atoms with Gasteiger partial charge in [-0.1, -0.05) is 0 Å². The van der Waals surface area contributed by atoms with Crippen LogP contribution in [0.15, 0.2) is 24.5 Å². The zero-order valence-corrected chi connectivity index (χ0v) is 17.7. The van der Waals surface area contributed by atoms with Crippen molar-refractivity contribution in [2.75, 3.05) is 38.3 Å². The Hall–Kier alpha value is -2.09. The second-order valence-corrected chi connectivity index (χ2v) is 9.04. The molecular formula is C22H27N5OS. The third-order valence-electron chi connectivity index (χ3n) is 5.84. The standard InChI is InChI=1S/C22H27N5OS/c1-26(14-16-6-8-23-9-7-16)21-20-17-4-2-3-5-18(17)29-22(20)25-19(24-21)15-27-10-12-28-13-11-27/h6-9H,2-5,10-15H2,1H3. The van der Waals surface area contributed by atoms with Crippen molar-refractivity contribution in [3.63, 3.8) is 0 Å². The Morgan fingerprint density at radius 2 is 1.90 bits per heavy atom. The van der Waals surface area contributed by atoms with Crippen LogP contribution in [0.5, 0.6) is 0 Å². The molecular weight excluding hydrogens is 382 g/mol. The van der Waals surface area contributed by atoms with Gasteiger partial charge in [-0.2, -0.15) is 0 Å². The van der Waals surface area contributed by atoms with Crippen molar-refractivity contribution in [2.45, 2.75) is 38.8 Å². The number of thiophene rings is 1. The summed E-state index contributed by atoms with van der Waals surface area (Å²) in [6.07, 6.45) is 8.60. The number of aromatic nitrogens is 3. The number of rotatable bonds is 5. The predicted octanol–water partition coefficient (Wildman–Crippen LogP) is 3.43. The molecule has 29 heavy (non-hydrogen) atoms. The molecule has 0 N–H and O–H groups in total. The van der Waals surface area contributed by atoms with E-state index in [2.05, 4.69) is 34.0 Å². The topological polar surface area (TPSA) is 54.4 Å². The summed E-state index contributed by atoms with van der Waals surface area (Å²) in [6, 6.07) is 4.15. The van der Waals surface area contributed by atoms with E-state index in [1.165, 1.54) is 40.7 Å². The number of hydrogen-bond acceptors (Lipinski definition) is 7. The van der Waals surface area contributed by atoms with E-state index in [4.69, 9.17) is 14.7 Å². The van der Waals surface area contributed by atoms with Crippen molar-refractivity contribution >= 4 is 27.4 Å². The number of ether oxygens (including phenoxy) is 1. The van der Waals surface area contributed by atoms with Crippen LogP contribution in [0.4, 0.5) is 5.82 Å². The molecule has 4 heterocycles. The first kappa shape index (κ1) is 18.9. The maximum atomic E-state index is 5.50. The van der Waals surface area contributed by atoms with Crippen molar-refractivity contribution < 1.29 is 4.74 Å². The van der Waals surface area contributed by atoms with Crippen LogP contribution in [0.3, 0.4) is 0 Å². The second kappa shape index (κ2) is 8.34. The number of hydrogen-bond donors (Lipinski definition) is 0. The number of nitrogens with zero attached hydrogens (tertiary/aromatic N) is 5. The number of morpholine rings is 1. The van der Waals surface area contributed by atoms with E-state index in [1.54, 1.807) is 0 Å². The minimum atomic E-state index is 0.790. The van der Waals surface area contributed by atoms with Gasteiger partial charge in [0.15, 0.2) is 0 Å². The Kier molecular flexibility index (Phi) is 5.44. The van der Waals surface area contributed by atoms with Crippen LogP contribution >= 0.6 is 11.3 Å². The lowest BCUT2D eigenvalue weighted by Gasteiger charge is -2.26. The van der Waals surface area contributed by atoms with Gasteiger partial charge in [0.2, 0.25) is 0 Å². The molecule has 3 aromatic heterocycles. The van der Waals surface area contributed by atoms with Crippen LogP contribution in [0.2, 0.25) is 0 Å². The van der Waals surface area contributed by atoms with Crippen LogP contribution in [0.1, 0.15) is 34.7 Å². The van der Waals surface area contributed by atoms with Crippen molar-refractivity contribution in [3.8, 4) is 0 Å². The average molecular weight is 410 g/mol. The highest BCUT2D eigenvalue weighted by Crippen LogP contribution is 2.39. The van der Waals surface area contributed by atoms with Crippen LogP contribution in [-0.4, -0.2) is 53.2 Å². The molecule has 0 radical (unpaired) electrons. The van der Waals surface area contributed by atoms with E-state index in [9.17, 15) is 0 Å². The summed E-state index contributed by atoms with van der Waals surface area (Å²) in [4.78, 5) is 21.6. The highest BCUT2D eigenvalue weighted by Gasteiger charge is 2.23. The van der Waals surface area contributed by atoms with Crippen molar-refractivity contribution in [3.05, 3.63) is 46.4 Å². The number of anilines is 1. The summed E-state index contributed by atoms with van der Waals surface area (Å²) in [7, 11) is 2.15. The molecule has 1 fully saturated rings. The monoisotopic (exact) mass is 409 g/mol. The van der Waals surface area contributed by atoms with Crippen molar-refractivity contribution in [1.82, 2.24) is 19.9 Å². The predicted molar refractivity (Wildman–Crippen MR) is 116 cm³/mol. The molecule has 2 aliphatic rings. The van der Waals surface area contributed by atoms with E-state index < -0.39 is 0 Å². The van der Waals surface area contributed by atoms with E-state index in [0.29, 0.717) is 0 Å². The zero-order valence-electron chi connectivity index (χ0n) is 16.9. The lowest BCUT2D eigenvalue weighted by Crippen LogP contribution is -2.36. The Morgan fingerprint density at radius 3 is 2.72 bits per heavy atom. The quantitative estimate of drug-likeness (QED) is 0.644. The molecule has 1 aliphatic heterocycles. The molecule has 0 saturated carbocycles. The number of pyridine rings is 1. The van der Waals surface area contributed by atoms with E-state index in [1.807, 2.05) is 23.7 Å². The molecule has 3 aromatic rings. The van der Waals surface area contributed by atoms with Gasteiger partial charge in [0.1, 0.15) is 16.5 Å². The fourth-order valence-electron chi connectivity index (χ4n) is 4.32. The molecule has 0 amide bonds.